The van der Waals surface area contributed by atoms with E-state index >= 15 is 0 Å². The smallest absolute Gasteiger partial charge is 0.128 e. The highest BCUT2D eigenvalue weighted by atomic mass is 16.3. The van der Waals surface area contributed by atoms with Crippen LogP contribution in [0.5, 0.6) is 0 Å². The van der Waals surface area contributed by atoms with E-state index in [2.05, 4.69) is 57.9 Å². The molecule has 0 aliphatic heterocycles. The summed E-state index contributed by atoms with van der Waals surface area (Å²) in [6, 6.07) is 8.28. The van der Waals surface area contributed by atoms with Crippen molar-refractivity contribution in [2.24, 2.45) is 0 Å². The maximum atomic E-state index is 9.06. The van der Waals surface area contributed by atoms with Crippen molar-refractivity contribution in [3.8, 4) is 0 Å². The van der Waals surface area contributed by atoms with Crippen molar-refractivity contribution in [2.45, 2.75) is 26.9 Å². The highest BCUT2D eigenvalue weighted by molar-refractivity contribution is 5.55. The number of nitrogens with zero attached hydrogens (tertiary/aromatic N) is 3. The normalized spacial score (nSPS) is 10.6. The third kappa shape index (κ3) is 3.98. The van der Waals surface area contributed by atoms with E-state index in [4.69, 9.17) is 5.11 Å². The minimum atomic E-state index is 0.174. The van der Waals surface area contributed by atoms with E-state index in [1.54, 1.807) is 0 Å². The molecule has 1 aromatic carbocycles. The molecule has 0 atom stereocenters. The Kier molecular flexibility index (Phi) is 5.63. The number of nitrogens with one attached hydrogen (secondary N) is 1. The van der Waals surface area contributed by atoms with Gasteiger partial charge >= 0.3 is 0 Å². The van der Waals surface area contributed by atoms with Gasteiger partial charge in [0.05, 0.1) is 13.2 Å². The van der Waals surface area contributed by atoms with Crippen LogP contribution in [-0.2, 0) is 13.1 Å². The van der Waals surface area contributed by atoms with Gasteiger partial charge in [-0.2, -0.15) is 0 Å². The molecule has 0 saturated heterocycles. The molecule has 2 N–H and O–H groups in total. The van der Waals surface area contributed by atoms with Gasteiger partial charge in [0.1, 0.15) is 5.82 Å². The number of hydrogen-bond donors (Lipinski definition) is 2. The summed E-state index contributed by atoms with van der Waals surface area (Å²) >= 11 is 0. The van der Waals surface area contributed by atoms with Gasteiger partial charge in [-0.15, -0.1) is 0 Å². The summed E-state index contributed by atoms with van der Waals surface area (Å²) < 4.78 is 2.13. The first-order valence-corrected chi connectivity index (χ1v) is 7.48. The lowest BCUT2D eigenvalue weighted by Crippen LogP contribution is -2.25. The fraction of sp³-hybridized carbons (Fsp3) is 0.438. The number of benzene rings is 1. The second-order valence-electron chi connectivity index (χ2n) is 4.83. The molecule has 0 fully saturated rings. The summed E-state index contributed by atoms with van der Waals surface area (Å²) in [5, 5.41) is 12.4. The van der Waals surface area contributed by atoms with Crippen LogP contribution in [0.15, 0.2) is 36.7 Å². The van der Waals surface area contributed by atoms with Crippen LogP contribution in [0.3, 0.4) is 0 Å². The largest absolute Gasteiger partial charge is 0.395 e. The van der Waals surface area contributed by atoms with E-state index in [9.17, 15) is 0 Å². The van der Waals surface area contributed by atoms with Crippen LogP contribution < -0.4 is 10.2 Å². The Morgan fingerprint density at radius 2 is 2.00 bits per heavy atom. The number of aryl methyl sites for hydroxylation is 1. The molecule has 114 valence electrons. The average Bonchev–Trinajstić information content (AvgIpc) is 2.99. The van der Waals surface area contributed by atoms with Crippen LogP contribution in [0, 0.1) is 0 Å². The molecule has 1 aromatic heterocycles. The van der Waals surface area contributed by atoms with Crippen molar-refractivity contribution in [3.63, 3.8) is 0 Å². The topological polar surface area (TPSA) is 53.3 Å². The van der Waals surface area contributed by atoms with Crippen molar-refractivity contribution >= 4 is 11.4 Å². The molecule has 0 bridgehead atoms. The maximum Gasteiger partial charge on any atom is 0.128 e. The van der Waals surface area contributed by atoms with Gasteiger partial charge in [-0.05, 0) is 38.1 Å². The summed E-state index contributed by atoms with van der Waals surface area (Å²) in [6.07, 6.45) is 3.83. The zero-order chi connectivity index (χ0) is 15.1. The molecule has 0 saturated carbocycles. The lowest BCUT2D eigenvalue weighted by atomic mass is 10.2. The summed E-state index contributed by atoms with van der Waals surface area (Å²) in [4.78, 5) is 6.50. The van der Waals surface area contributed by atoms with E-state index in [-0.39, 0.29) is 6.61 Å². The second kappa shape index (κ2) is 7.69. The summed E-state index contributed by atoms with van der Waals surface area (Å²) in [6.45, 7) is 7.58. The van der Waals surface area contributed by atoms with Crippen LogP contribution in [0.2, 0.25) is 0 Å². The third-order valence-corrected chi connectivity index (χ3v) is 3.58. The molecule has 21 heavy (non-hydrogen) atoms. The fourth-order valence-corrected chi connectivity index (χ4v) is 2.36. The molecular formula is C16H24N4O. The minimum absolute atomic E-state index is 0.174. The quantitative estimate of drug-likeness (QED) is 0.783. The number of aromatic nitrogens is 2. The van der Waals surface area contributed by atoms with E-state index in [1.807, 2.05) is 12.4 Å². The lowest BCUT2D eigenvalue weighted by molar-refractivity contribution is 0.302. The van der Waals surface area contributed by atoms with Crippen molar-refractivity contribution < 1.29 is 5.11 Å². The molecule has 0 spiro atoms. The van der Waals surface area contributed by atoms with Crippen molar-refractivity contribution in [3.05, 3.63) is 42.5 Å². The molecule has 2 rings (SSSR count). The van der Waals surface area contributed by atoms with Gasteiger partial charge in [0.25, 0.3) is 0 Å². The predicted molar refractivity (Wildman–Crippen MR) is 86.6 cm³/mol. The Morgan fingerprint density at radius 1 is 1.24 bits per heavy atom. The molecule has 0 radical (unpaired) electrons. The molecule has 0 aliphatic rings. The standard InChI is InChI=1S/C16H24N4O/c1-3-19(11-12-21)15-7-5-14(6-8-15)18-13-16-17-9-10-20(16)4-2/h5-10,18,21H,3-4,11-13H2,1-2H3. The summed E-state index contributed by atoms with van der Waals surface area (Å²) in [5.74, 6) is 1.04. The second-order valence-corrected chi connectivity index (χ2v) is 4.83. The number of rotatable bonds is 8. The average molecular weight is 288 g/mol. The first kappa shape index (κ1) is 15.4. The minimum Gasteiger partial charge on any atom is -0.395 e. The van der Waals surface area contributed by atoms with Gasteiger partial charge in [0, 0.05) is 43.4 Å². The summed E-state index contributed by atoms with van der Waals surface area (Å²) in [7, 11) is 0. The Balaban J connectivity index is 1.96. The fourth-order valence-electron chi connectivity index (χ4n) is 2.36. The molecule has 1 heterocycles. The van der Waals surface area contributed by atoms with Crippen LogP contribution in [0.4, 0.5) is 11.4 Å². The van der Waals surface area contributed by atoms with Crippen LogP contribution >= 0.6 is 0 Å². The molecular weight excluding hydrogens is 264 g/mol. The number of imidazole rings is 1. The van der Waals surface area contributed by atoms with Crippen molar-refractivity contribution in [2.75, 3.05) is 29.9 Å². The van der Waals surface area contributed by atoms with Gasteiger partial charge in [0.2, 0.25) is 0 Å². The van der Waals surface area contributed by atoms with Crippen LogP contribution in [0.1, 0.15) is 19.7 Å². The number of aliphatic hydroxyl groups is 1. The van der Waals surface area contributed by atoms with Crippen LogP contribution in [-0.4, -0.2) is 34.4 Å². The van der Waals surface area contributed by atoms with Gasteiger partial charge < -0.3 is 19.9 Å². The predicted octanol–water partition coefficient (Wildman–Crippen LogP) is 2.33. The number of anilines is 2. The molecule has 0 amide bonds. The first-order chi connectivity index (χ1) is 10.3. The van der Waals surface area contributed by atoms with Crippen LogP contribution in [0.25, 0.3) is 0 Å². The van der Waals surface area contributed by atoms with Gasteiger partial charge in [-0.3, -0.25) is 0 Å². The number of aliphatic hydroxyl groups excluding tert-OH is 1. The first-order valence-electron chi connectivity index (χ1n) is 7.48. The van der Waals surface area contributed by atoms with Gasteiger partial charge in [-0.25, -0.2) is 4.98 Å². The van der Waals surface area contributed by atoms with E-state index in [0.29, 0.717) is 13.1 Å². The zero-order valence-electron chi connectivity index (χ0n) is 12.8. The summed E-state index contributed by atoms with van der Waals surface area (Å²) in [5.41, 5.74) is 2.21. The van der Waals surface area contributed by atoms with Gasteiger partial charge in [0.15, 0.2) is 0 Å². The Labute approximate surface area is 126 Å². The van der Waals surface area contributed by atoms with E-state index in [1.165, 1.54) is 0 Å². The molecule has 2 aromatic rings. The van der Waals surface area contributed by atoms with Gasteiger partial charge in [-0.1, -0.05) is 0 Å². The molecule has 0 aliphatic carbocycles. The third-order valence-electron chi connectivity index (χ3n) is 3.58. The van der Waals surface area contributed by atoms with E-state index < -0.39 is 0 Å². The van der Waals surface area contributed by atoms with Crippen molar-refractivity contribution in [1.82, 2.24) is 9.55 Å². The Bertz CT molecular complexity index is 535. The zero-order valence-corrected chi connectivity index (χ0v) is 12.8. The Hall–Kier alpha value is -2.01. The highest BCUT2D eigenvalue weighted by Gasteiger charge is 2.04. The number of hydrogen-bond acceptors (Lipinski definition) is 4. The molecule has 5 nitrogen and oxygen atoms in total. The Morgan fingerprint density at radius 3 is 2.62 bits per heavy atom. The monoisotopic (exact) mass is 288 g/mol. The highest BCUT2D eigenvalue weighted by Crippen LogP contribution is 2.18. The van der Waals surface area contributed by atoms with Crippen molar-refractivity contribution in [1.29, 1.82) is 0 Å². The van der Waals surface area contributed by atoms with E-state index in [0.717, 1.165) is 30.3 Å². The SMILES string of the molecule is CCN(CCO)c1ccc(NCc2nccn2CC)cc1. The molecule has 5 heteroatoms. The molecule has 0 unspecified atom stereocenters. The number of likely N-dealkylation sites (N-methyl/N-ethyl adjacent to an activating group) is 1. The lowest BCUT2D eigenvalue weighted by Gasteiger charge is -2.22. The maximum absolute atomic E-state index is 9.06.